The van der Waals surface area contributed by atoms with Crippen LogP contribution in [0, 0.1) is 11.8 Å². The molecule has 2 atom stereocenters. The van der Waals surface area contributed by atoms with Crippen LogP contribution in [-0.2, 0) is 17.6 Å². The number of rotatable bonds is 10. The fourth-order valence-corrected chi connectivity index (χ4v) is 5.66. The van der Waals surface area contributed by atoms with E-state index in [0.29, 0.717) is 6.54 Å². The van der Waals surface area contributed by atoms with Crippen molar-refractivity contribution < 1.29 is 14.6 Å². The number of thiophene rings is 1. The number of fused-ring (bicyclic) bond motifs is 1. The van der Waals surface area contributed by atoms with Crippen molar-refractivity contribution in [2.75, 3.05) is 26.7 Å². The van der Waals surface area contributed by atoms with E-state index in [1.165, 1.54) is 10.4 Å². The van der Waals surface area contributed by atoms with Gasteiger partial charge in [-0.3, -0.25) is 9.78 Å². The molecule has 0 bridgehead atoms. The van der Waals surface area contributed by atoms with E-state index in [4.69, 9.17) is 4.74 Å². The van der Waals surface area contributed by atoms with Crippen LogP contribution in [0.25, 0.3) is 10.9 Å². The number of hydrogen-bond donors (Lipinski definition) is 1. The number of aliphatic carboxylic acids is 1. The zero-order chi connectivity index (χ0) is 22.3. The molecule has 2 aromatic heterocycles. The number of benzene rings is 1. The Hall–Kier alpha value is -2.44. The van der Waals surface area contributed by atoms with Crippen LogP contribution in [0.15, 0.2) is 48.0 Å². The first-order chi connectivity index (χ1) is 15.6. The van der Waals surface area contributed by atoms with Crippen LogP contribution in [0.4, 0.5) is 0 Å². The fraction of sp³-hybridized carbons (Fsp3) is 0.462. The maximum absolute atomic E-state index is 12.0. The number of pyridine rings is 1. The Kier molecular flexibility index (Phi) is 7.76. The van der Waals surface area contributed by atoms with Crippen LogP contribution in [-0.4, -0.2) is 47.7 Å². The molecule has 0 radical (unpaired) electrons. The summed E-state index contributed by atoms with van der Waals surface area (Å²) in [6, 6.07) is 12.3. The lowest BCUT2D eigenvalue weighted by Gasteiger charge is -2.36. The highest BCUT2D eigenvalue weighted by Crippen LogP contribution is 2.30. The Bertz CT molecular complexity index is 1020. The molecule has 0 aliphatic carbocycles. The van der Waals surface area contributed by atoms with Crippen molar-refractivity contribution in [2.45, 2.75) is 38.5 Å². The lowest BCUT2D eigenvalue weighted by atomic mass is 9.81. The van der Waals surface area contributed by atoms with Crippen molar-refractivity contribution in [2.24, 2.45) is 11.8 Å². The molecule has 170 valence electrons. The van der Waals surface area contributed by atoms with Crippen LogP contribution in [0.1, 0.15) is 36.1 Å². The predicted octanol–water partition coefficient (Wildman–Crippen LogP) is 5.28. The summed E-state index contributed by atoms with van der Waals surface area (Å²) in [6.45, 7) is 2.67. The van der Waals surface area contributed by atoms with Gasteiger partial charge in [0, 0.05) is 23.0 Å². The van der Waals surface area contributed by atoms with Gasteiger partial charge >= 0.3 is 5.97 Å². The van der Waals surface area contributed by atoms with E-state index in [1.807, 2.05) is 24.4 Å². The molecule has 1 saturated heterocycles. The second kappa shape index (κ2) is 10.9. The molecular formula is C26H32N2O3S. The summed E-state index contributed by atoms with van der Waals surface area (Å²) in [5.41, 5.74) is 2.23. The van der Waals surface area contributed by atoms with Crippen LogP contribution in [0.3, 0.4) is 0 Å². The maximum atomic E-state index is 12.0. The summed E-state index contributed by atoms with van der Waals surface area (Å²) in [5, 5.41) is 13.1. The fourth-order valence-electron chi connectivity index (χ4n) is 4.91. The highest BCUT2D eigenvalue weighted by Gasteiger charge is 2.33. The van der Waals surface area contributed by atoms with Gasteiger partial charge in [-0.15, -0.1) is 11.3 Å². The van der Waals surface area contributed by atoms with Crippen molar-refractivity contribution in [1.29, 1.82) is 0 Å². The van der Waals surface area contributed by atoms with Crippen LogP contribution in [0.5, 0.6) is 5.75 Å². The first-order valence-corrected chi connectivity index (χ1v) is 12.4. The number of piperidine rings is 1. The molecule has 3 heterocycles. The van der Waals surface area contributed by atoms with Crippen molar-refractivity contribution >= 4 is 28.2 Å². The molecule has 0 amide bonds. The van der Waals surface area contributed by atoms with E-state index in [1.54, 1.807) is 18.4 Å². The lowest BCUT2D eigenvalue weighted by Crippen LogP contribution is -2.44. The standard InChI is InChI=1S/C26H32N2O3S/c1-31-21-9-10-25-23(17-21)19(11-13-27-25)5-2-6-20-12-15-28(18-24(20)26(29)30)14-3-7-22-8-4-16-32-22/h4,8-11,13,16-17,20,24H,2-3,5-7,12,14-15,18H2,1H3,(H,29,30)/t20-,24+/m1/s1. The van der Waals surface area contributed by atoms with Gasteiger partial charge in [-0.25, -0.2) is 0 Å². The second-order valence-electron chi connectivity index (χ2n) is 8.72. The van der Waals surface area contributed by atoms with E-state index < -0.39 is 5.97 Å². The molecule has 1 aliphatic heterocycles. The topological polar surface area (TPSA) is 62.7 Å². The molecular weight excluding hydrogens is 420 g/mol. The van der Waals surface area contributed by atoms with Crippen molar-refractivity contribution in [3.63, 3.8) is 0 Å². The first kappa shape index (κ1) is 22.7. The van der Waals surface area contributed by atoms with Gasteiger partial charge in [0.15, 0.2) is 0 Å². The number of carbonyl (C=O) groups is 1. The zero-order valence-corrected chi connectivity index (χ0v) is 19.5. The molecule has 1 aromatic carbocycles. The Morgan fingerprint density at radius 1 is 1.25 bits per heavy atom. The van der Waals surface area contributed by atoms with Gasteiger partial charge in [0.05, 0.1) is 18.5 Å². The average molecular weight is 453 g/mol. The minimum atomic E-state index is -0.642. The highest BCUT2D eigenvalue weighted by molar-refractivity contribution is 7.09. The SMILES string of the molecule is COc1ccc2nccc(CCC[C@@H]3CCN(CCCc4cccs4)C[C@@H]3C(=O)O)c2c1. The summed E-state index contributed by atoms with van der Waals surface area (Å²) in [5.74, 6) is 0.185. The molecule has 1 N–H and O–H groups in total. The smallest absolute Gasteiger partial charge is 0.308 e. The van der Waals surface area contributed by atoms with E-state index in [2.05, 4.69) is 33.5 Å². The summed E-state index contributed by atoms with van der Waals surface area (Å²) in [7, 11) is 1.68. The number of methoxy groups -OCH3 is 1. The minimum Gasteiger partial charge on any atom is -0.497 e. The molecule has 1 aliphatic rings. The number of hydrogen-bond acceptors (Lipinski definition) is 5. The van der Waals surface area contributed by atoms with Crippen LogP contribution < -0.4 is 4.74 Å². The van der Waals surface area contributed by atoms with Crippen LogP contribution in [0.2, 0.25) is 0 Å². The minimum absolute atomic E-state index is 0.253. The molecule has 32 heavy (non-hydrogen) atoms. The molecule has 6 heteroatoms. The van der Waals surface area contributed by atoms with Gasteiger partial charge in [-0.05, 0) is 98.8 Å². The van der Waals surface area contributed by atoms with E-state index in [9.17, 15) is 9.90 Å². The zero-order valence-electron chi connectivity index (χ0n) is 18.7. The van der Waals surface area contributed by atoms with E-state index in [-0.39, 0.29) is 11.8 Å². The Morgan fingerprint density at radius 2 is 2.16 bits per heavy atom. The molecule has 0 spiro atoms. The van der Waals surface area contributed by atoms with E-state index in [0.717, 1.165) is 68.3 Å². The quantitative estimate of drug-likeness (QED) is 0.453. The average Bonchev–Trinajstić information content (AvgIpc) is 3.33. The Balaban J connectivity index is 1.30. The third-order valence-electron chi connectivity index (χ3n) is 6.69. The summed E-state index contributed by atoms with van der Waals surface area (Å²) in [6.07, 6.45) is 7.88. The van der Waals surface area contributed by atoms with Gasteiger partial charge in [0.1, 0.15) is 5.75 Å². The number of nitrogens with zero attached hydrogens (tertiary/aromatic N) is 2. The molecule has 1 fully saturated rings. The lowest BCUT2D eigenvalue weighted by molar-refractivity contribution is -0.146. The number of aryl methyl sites for hydroxylation is 2. The number of likely N-dealkylation sites (tertiary alicyclic amines) is 1. The Labute approximate surface area is 194 Å². The second-order valence-corrected chi connectivity index (χ2v) is 9.75. The van der Waals surface area contributed by atoms with Gasteiger partial charge in [-0.1, -0.05) is 6.07 Å². The van der Waals surface area contributed by atoms with Gasteiger partial charge in [0.25, 0.3) is 0 Å². The molecule has 3 aromatic rings. The largest absolute Gasteiger partial charge is 0.497 e. The third-order valence-corrected chi connectivity index (χ3v) is 7.63. The van der Waals surface area contributed by atoms with E-state index >= 15 is 0 Å². The molecule has 0 saturated carbocycles. The number of aromatic nitrogens is 1. The number of carboxylic acids is 1. The van der Waals surface area contributed by atoms with Gasteiger partial charge < -0.3 is 14.7 Å². The van der Waals surface area contributed by atoms with Crippen LogP contribution >= 0.6 is 11.3 Å². The van der Waals surface area contributed by atoms with Gasteiger partial charge in [-0.2, -0.15) is 0 Å². The van der Waals surface area contributed by atoms with Crippen molar-refractivity contribution in [3.05, 3.63) is 58.4 Å². The summed E-state index contributed by atoms with van der Waals surface area (Å²) >= 11 is 1.80. The molecule has 0 unspecified atom stereocenters. The molecule has 4 rings (SSSR count). The van der Waals surface area contributed by atoms with Crippen molar-refractivity contribution in [1.82, 2.24) is 9.88 Å². The number of ether oxygens (including phenoxy) is 1. The first-order valence-electron chi connectivity index (χ1n) is 11.5. The predicted molar refractivity (Wildman–Crippen MR) is 130 cm³/mol. The molecule has 5 nitrogen and oxygen atoms in total. The van der Waals surface area contributed by atoms with Crippen molar-refractivity contribution in [3.8, 4) is 5.75 Å². The Morgan fingerprint density at radius 3 is 2.94 bits per heavy atom. The highest BCUT2D eigenvalue weighted by atomic mass is 32.1. The van der Waals surface area contributed by atoms with Gasteiger partial charge in [0.2, 0.25) is 0 Å². The normalized spacial score (nSPS) is 19.3. The third kappa shape index (κ3) is 5.67. The monoisotopic (exact) mass is 452 g/mol. The summed E-state index contributed by atoms with van der Waals surface area (Å²) < 4.78 is 5.38. The summed E-state index contributed by atoms with van der Waals surface area (Å²) in [4.78, 5) is 20.2. The number of carboxylic acid groups (broad SMARTS) is 1. The maximum Gasteiger partial charge on any atom is 0.308 e.